The van der Waals surface area contributed by atoms with Crippen LogP contribution in [0.15, 0.2) is 12.1 Å². The van der Waals surface area contributed by atoms with Crippen molar-refractivity contribution >= 4 is 17.6 Å². The van der Waals surface area contributed by atoms with Crippen molar-refractivity contribution in [1.82, 2.24) is 4.90 Å². The first-order chi connectivity index (χ1) is 9.51. The van der Waals surface area contributed by atoms with Gasteiger partial charge in [0.15, 0.2) is 11.5 Å². The normalized spacial score (nSPS) is 19.1. The fourth-order valence-electron chi connectivity index (χ4n) is 2.35. The van der Waals surface area contributed by atoms with Crippen LogP contribution in [0.1, 0.15) is 16.8 Å². The van der Waals surface area contributed by atoms with E-state index in [2.05, 4.69) is 11.9 Å². The fraction of sp³-hybridized carbons (Fsp3) is 0.500. The van der Waals surface area contributed by atoms with Gasteiger partial charge < -0.3 is 19.5 Å². The SMILES string of the molecule is COc1cc(C(=O)O)cc(Cl)c1OCC1CCN(C)C1. The Morgan fingerprint density at radius 3 is 2.85 bits per heavy atom. The number of aromatic carboxylic acids is 1. The van der Waals surface area contributed by atoms with Crippen LogP contribution in [-0.2, 0) is 0 Å². The molecule has 5 nitrogen and oxygen atoms in total. The Bertz CT molecular complexity index is 506. The number of carboxylic acid groups (broad SMARTS) is 1. The van der Waals surface area contributed by atoms with Gasteiger partial charge in [0.1, 0.15) is 0 Å². The molecule has 1 aromatic rings. The van der Waals surface area contributed by atoms with Crippen LogP contribution in [0, 0.1) is 5.92 Å². The van der Waals surface area contributed by atoms with Crippen LogP contribution in [0.3, 0.4) is 0 Å². The quantitative estimate of drug-likeness (QED) is 0.904. The summed E-state index contributed by atoms with van der Waals surface area (Å²) >= 11 is 6.09. The highest BCUT2D eigenvalue weighted by molar-refractivity contribution is 6.32. The monoisotopic (exact) mass is 299 g/mol. The van der Waals surface area contributed by atoms with Gasteiger partial charge in [0.25, 0.3) is 0 Å². The van der Waals surface area contributed by atoms with Gasteiger partial charge in [-0.2, -0.15) is 0 Å². The lowest BCUT2D eigenvalue weighted by atomic mass is 10.1. The average molecular weight is 300 g/mol. The summed E-state index contributed by atoms with van der Waals surface area (Å²) in [5.41, 5.74) is 0.0831. The molecule has 1 heterocycles. The zero-order chi connectivity index (χ0) is 14.7. The van der Waals surface area contributed by atoms with Gasteiger partial charge >= 0.3 is 5.97 Å². The minimum Gasteiger partial charge on any atom is -0.493 e. The molecule has 1 atom stereocenters. The van der Waals surface area contributed by atoms with E-state index >= 15 is 0 Å². The number of carbonyl (C=O) groups is 1. The molecule has 20 heavy (non-hydrogen) atoms. The number of likely N-dealkylation sites (tertiary alicyclic amines) is 1. The summed E-state index contributed by atoms with van der Waals surface area (Å²) in [6.45, 7) is 2.61. The van der Waals surface area contributed by atoms with E-state index in [0.29, 0.717) is 24.0 Å². The summed E-state index contributed by atoms with van der Waals surface area (Å²) in [5, 5.41) is 9.25. The molecule has 1 fully saturated rings. The van der Waals surface area contributed by atoms with E-state index in [1.54, 1.807) is 0 Å². The number of hydrogen-bond donors (Lipinski definition) is 1. The molecule has 1 aliphatic rings. The molecule has 0 amide bonds. The molecule has 0 aliphatic carbocycles. The van der Waals surface area contributed by atoms with Crippen molar-refractivity contribution in [2.24, 2.45) is 5.92 Å². The number of ether oxygens (including phenoxy) is 2. The van der Waals surface area contributed by atoms with Crippen LogP contribution < -0.4 is 9.47 Å². The lowest BCUT2D eigenvalue weighted by Gasteiger charge is -2.16. The van der Waals surface area contributed by atoms with Crippen molar-refractivity contribution in [1.29, 1.82) is 0 Å². The molecule has 1 saturated heterocycles. The van der Waals surface area contributed by atoms with Gasteiger partial charge in [-0.25, -0.2) is 4.79 Å². The highest BCUT2D eigenvalue weighted by Crippen LogP contribution is 2.37. The summed E-state index contributed by atoms with van der Waals surface area (Å²) in [7, 11) is 3.54. The number of hydrogen-bond acceptors (Lipinski definition) is 4. The Morgan fingerprint density at radius 2 is 2.30 bits per heavy atom. The molecule has 110 valence electrons. The Kier molecular flexibility index (Phi) is 4.73. The van der Waals surface area contributed by atoms with Crippen LogP contribution >= 0.6 is 11.6 Å². The van der Waals surface area contributed by atoms with Gasteiger partial charge in [-0.05, 0) is 32.1 Å². The molecule has 1 aliphatic heterocycles. The van der Waals surface area contributed by atoms with E-state index in [0.717, 1.165) is 19.5 Å². The maximum atomic E-state index is 11.0. The Morgan fingerprint density at radius 1 is 1.55 bits per heavy atom. The number of rotatable bonds is 5. The second-order valence-corrected chi connectivity index (χ2v) is 5.43. The average Bonchev–Trinajstić information content (AvgIpc) is 2.82. The number of carboxylic acids is 1. The fourth-order valence-corrected chi connectivity index (χ4v) is 2.61. The maximum absolute atomic E-state index is 11.0. The highest BCUT2D eigenvalue weighted by atomic mass is 35.5. The predicted octanol–water partition coefficient (Wildman–Crippen LogP) is 2.38. The van der Waals surface area contributed by atoms with Crippen molar-refractivity contribution in [3.05, 3.63) is 22.7 Å². The Hall–Kier alpha value is -1.46. The van der Waals surface area contributed by atoms with Gasteiger partial charge in [0.05, 0.1) is 24.3 Å². The summed E-state index contributed by atoms with van der Waals surface area (Å²) in [6, 6.07) is 2.80. The van der Waals surface area contributed by atoms with E-state index in [1.165, 1.54) is 19.2 Å². The van der Waals surface area contributed by atoms with Crippen LogP contribution in [-0.4, -0.2) is 49.8 Å². The predicted molar refractivity (Wildman–Crippen MR) is 76.1 cm³/mol. The van der Waals surface area contributed by atoms with E-state index < -0.39 is 5.97 Å². The third-order valence-electron chi connectivity index (χ3n) is 3.43. The van der Waals surface area contributed by atoms with E-state index in [9.17, 15) is 4.79 Å². The van der Waals surface area contributed by atoms with Crippen LogP contribution in [0.4, 0.5) is 0 Å². The van der Waals surface area contributed by atoms with Crippen molar-refractivity contribution in [3.8, 4) is 11.5 Å². The molecule has 0 spiro atoms. The summed E-state index contributed by atoms with van der Waals surface area (Å²) < 4.78 is 10.9. The van der Waals surface area contributed by atoms with Crippen LogP contribution in [0.2, 0.25) is 5.02 Å². The minimum atomic E-state index is -1.05. The van der Waals surface area contributed by atoms with Gasteiger partial charge in [-0.15, -0.1) is 0 Å². The first kappa shape index (κ1) is 14.9. The molecule has 0 saturated carbocycles. The minimum absolute atomic E-state index is 0.0831. The third kappa shape index (κ3) is 3.35. The molecule has 6 heteroatoms. The Labute approximate surface area is 123 Å². The maximum Gasteiger partial charge on any atom is 0.335 e. The number of benzene rings is 1. The summed E-state index contributed by atoms with van der Waals surface area (Å²) in [6.07, 6.45) is 1.09. The van der Waals surface area contributed by atoms with Gasteiger partial charge in [0.2, 0.25) is 0 Å². The van der Waals surface area contributed by atoms with Gasteiger partial charge in [-0.3, -0.25) is 0 Å². The van der Waals surface area contributed by atoms with E-state index in [1.807, 2.05) is 0 Å². The standard InChI is InChI=1S/C14H18ClNO4/c1-16-4-3-9(7-16)8-20-13-11(15)5-10(14(17)18)6-12(13)19-2/h5-6,9H,3-4,7-8H2,1-2H3,(H,17,18). The second-order valence-electron chi connectivity index (χ2n) is 5.02. The zero-order valence-electron chi connectivity index (χ0n) is 11.6. The molecular formula is C14H18ClNO4. The van der Waals surface area contributed by atoms with Gasteiger partial charge in [0, 0.05) is 12.5 Å². The molecule has 2 rings (SSSR count). The largest absolute Gasteiger partial charge is 0.493 e. The van der Waals surface area contributed by atoms with Crippen molar-refractivity contribution in [3.63, 3.8) is 0 Å². The third-order valence-corrected chi connectivity index (χ3v) is 3.71. The van der Waals surface area contributed by atoms with E-state index in [4.69, 9.17) is 26.2 Å². The Balaban J connectivity index is 2.12. The van der Waals surface area contributed by atoms with Crippen LogP contribution in [0.25, 0.3) is 0 Å². The second kappa shape index (κ2) is 6.33. The summed E-state index contributed by atoms with van der Waals surface area (Å²) in [4.78, 5) is 13.2. The lowest BCUT2D eigenvalue weighted by Crippen LogP contribution is -2.18. The molecule has 0 bridgehead atoms. The lowest BCUT2D eigenvalue weighted by molar-refractivity contribution is 0.0696. The zero-order valence-corrected chi connectivity index (χ0v) is 12.3. The highest BCUT2D eigenvalue weighted by Gasteiger charge is 2.22. The van der Waals surface area contributed by atoms with Crippen LogP contribution in [0.5, 0.6) is 11.5 Å². The molecule has 0 aromatic heterocycles. The van der Waals surface area contributed by atoms with Gasteiger partial charge in [-0.1, -0.05) is 11.6 Å². The van der Waals surface area contributed by atoms with Crippen molar-refractivity contribution in [2.45, 2.75) is 6.42 Å². The molecule has 1 aromatic carbocycles. The van der Waals surface area contributed by atoms with Crippen molar-refractivity contribution in [2.75, 3.05) is 33.9 Å². The molecule has 1 unspecified atom stereocenters. The number of halogens is 1. The molecule has 1 N–H and O–H groups in total. The molecule has 0 radical (unpaired) electrons. The first-order valence-electron chi connectivity index (χ1n) is 6.43. The first-order valence-corrected chi connectivity index (χ1v) is 6.81. The summed E-state index contributed by atoms with van der Waals surface area (Å²) in [5.74, 6) is 0.170. The smallest absolute Gasteiger partial charge is 0.335 e. The van der Waals surface area contributed by atoms with E-state index in [-0.39, 0.29) is 10.6 Å². The number of methoxy groups -OCH3 is 1. The number of nitrogens with zero attached hydrogens (tertiary/aromatic N) is 1. The van der Waals surface area contributed by atoms with Crippen molar-refractivity contribution < 1.29 is 19.4 Å². The topological polar surface area (TPSA) is 59.0 Å². The molecular weight excluding hydrogens is 282 g/mol.